The molecule has 1 fully saturated rings. The van der Waals surface area contributed by atoms with E-state index in [-0.39, 0.29) is 23.2 Å². The third-order valence-electron chi connectivity index (χ3n) is 5.87. The number of hydrogen-bond donors (Lipinski definition) is 1. The first kappa shape index (κ1) is 23.7. The highest BCUT2D eigenvalue weighted by Gasteiger charge is 2.32. The van der Waals surface area contributed by atoms with E-state index in [2.05, 4.69) is 5.32 Å². The minimum atomic E-state index is -0.276. The van der Waals surface area contributed by atoms with Gasteiger partial charge in [0.25, 0.3) is 5.91 Å². The summed E-state index contributed by atoms with van der Waals surface area (Å²) in [6.45, 7) is 2.48. The van der Waals surface area contributed by atoms with Crippen molar-refractivity contribution in [2.24, 2.45) is 0 Å². The van der Waals surface area contributed by atoms with Crippen molar-refractivity contribution in [3.8, 4) is 11.5 Å². The van der Waals surface area contributed by atoms with E-state index < -0.39 is 0 Å². The minimum Gasteiger partial charge on any atom is -0.497 e. The topological polar surface area (TPSA) is 67.9 Å². The molecule has 6 nitrogen and oxygen atoms in total. The Hall–Kier alpha value is -3.45. The Morgan fingerprint density at radius 2 is 1.79 bits per heavy atom. The number of carbonyl (C=O) groups is 2. The van der Waals surface area contributed by atoms with E-state index >= 15 is 0 Å². The highest BCUT2D eigenvalue weighted by atomic mass is 32.2. The summed E-state index contributed by atoms with van der Waals surface area (Å²) < 4.78 is 10.8. The zero-order valence-electron chi connectivity index (χ0n) is 19.5. The predicted octanol–water partition coefficient (Wildman–Crippen LogP) is 4.97. The smallest absolute Gasteiger partial charge is 0.251 e. The Bertz CT molecular complexity index is 1150. The maximum atomic E-state index is 12.9. The van der Waals surface area contributed by atoms with Crippen molar-refractivity contribution in [1.82, 2.24) is 10.2 Å². The van der Waals surface area contributed by atoms with Crippen LogP contribution >= 0.6 is 11.8 Å². The van der Waals surface area contributed by atoms with Crippen LogP contribution in [0, 0.1) is 0 Å². The minimum absolute atomic E-state index is 0.0650. The molecule has 0 radical (unpaired) electrons. The second-order valence-corrected chi connectivity index (χ2v) is 9.16. The van der Waals surface area contributed by atoms with Gasteiger partial charge in [0.2, 0.25) is 5.91 Å². The lowest BCUT2D eigenvalue weighted by Gasteiger charge is -2.24. The molecule has 0 saturated carbocycles. The maximum absolute atomic E-state index is 12.9. The van der Waals surface area contributed by atoms with E-state index in [1.54, 1.807) is 26.0 Å². The number of methoxy groups -OCH3 is 2. The van der Waals surface area contributed by atoms with Gasteiger partial charge in [-0.3, -0.25) is 9.59 Å². The SMILES string of the molecule is COc1ccc(OC)c([C@H](C)NC(=O)c2ccc([C@H]3SCC(=O)N3Cc3ccccc3)cc2)c1. The number of amides is 2. The molecule has 7 heteroatoms. The van der Waals surface area contributed by atoms with Crippen LogP contribution in [-0.4, -0.2) is 36.7 Å². The van der Waals surface area contributed by atoms with E-state index in [9.17, 15) is 9.59 Å². The largest absolute Gasteiger partial charge is 0.497 e. The van der Waals surface area contributed by atoms with Gasteiger partial charge in [0.1, 0.15) is 16.9 Å². The van der Waals surface area contributed by atoms with E-state index in [1.807, 2.05) is 84.6 Å². The molecule has 1 heterocycles. The van der Waals surface area contributed by atoms with E-state index in [0.717, 1.165) is 16.7 Å². The number of carbonyl (C=O) groups excluding carboxylic acids is 2. The van der Waals surface area contributed by atoms with Gasteiger partial charge in [0.15, 0.2) is 0 Å². The zero-order chi connectivity index (χ0) is 24.1. The van der Waals surface area contributed by atoms with E-state index in [4.69, 9.17) is 9.47 Å². The highest BCUT2D eigenvalue weighted by molar-refractivity contribution is 8.00. The van der Waals surface area contributed by atoms with Gasteiger partial charge >= 0.3 is 0 Å². The van der Waals surface area contributed by atoms with Crippen molar-refractivity contribution in [2.45, 2.75) is 24.9 Å². The number of nitrogens with zero attached hydrogens (tertiary/aromatic N) is 1. The molecule has 2 amide bonds. The summed E-state index contributed by atoms with van der Waals surface area (Å²) in [5.41, 5.74) is 3.50. The average molecular weight is 477 g/mol. The molecule has 0 aromatic heterocycles. The number of ether oxygens (including phenoxy) is 2. The summed E-state index contributed by atoms with van der Waals surface area (Å²) >= 11 is 1.61. The summed E-state index contributed by atoms with van der Waals surface area (Å²) in [6, 6.07) is 22.7. The first-order valence-corrected chi connectivity index (χ1v) is 12.1. The van der Waals surface area contributed by atoms with Crippen LogP contribution in [0.15, 0.2) is 72.8 Å². The van der Waals surface area contributed by atoms with Crippen LogP contribution in [-0.2, 0) is 11.3 Å². The summed E-state index contributed by atoms with van der Waals surface area (Å²) in [5, 5.41) is 2.97. The number of benzene rings is 3. The van der Waals surface area contributed by atoms with Crippen LogP contribution in [0.5, 0.6) is 11.5 Å². The average Bonchev–Trinajstić information content (AvgIpc) is 3.24. The molecule has 0 aliphatic carbocycles. The lowest BCUT2D eigenvalue weighted by molar-refractivity contribution is -0.128. The van der Waals surface area contributed by atoms with Gasteiger partial charge in [0, 0.05) is 17.7 Å². The molecule has 3 aromatic rings. The van der Waals surface area contributed by atoms with Crippen LogP contribution in [0.2, 0.25) is 0 Å². The first-order chi connectivity index (χ1) is 16.5. The van der Waals surface area contributed by atoms with Gasteiger partial charge in [-0.15, -0.1) is 11.8 Å². The van der Waals surface area contributed by atoms with Gasteiger partial charge in [-0.1, -0.05) is 42.5 Å². The van der Waals surface area contributed by atoms with Crippen molar-refractivity contribution in [1.29, 1.82) is 0 Å². The molecule has 1 saturated heterocycles. The van der Waals surface area contributed by atoms with E-state index in [1.165, 1.54) is 0 Å². The molecule has 1 aliphatic heterocycles. The summed E-state index contributed by atoms with van der Waals surface area (Å²) in [7, 11) is 3.21. The molecule has 3 aromatic carbocycles. The van der Waals surface area contributed by atoms with Gasteiger partial charge < -0.3 is 19.7 Å². The van der Waals surface area contributed by atoms with Gasteiger partial charge in [-0.05, 0) is 48.4 Å². The molecule has 2 atom stereocenters. The molecule has 176 valence electrons. The number of rotatable bonds is 8. The van der Waals surface area contributed by atoms with Crippen molar-refractivity contribution in [2.75, 3.05) is 20.0 Å². The lowest BCUT2D eigenvalue weighted by Crippen LogP contribution is -2.28. The van der Waals surface area contributed by atoms with Crippen LogP contribution in [0.3, 0.4) is 0 Å². The fourth-order valence-electron chi connectivity index (χ4n) is 4.02. The van der Waals surface area contributed by atoms with Crippen LogP contribution < -0.4 is 14.8 Å². The van der Waals surface area contributed by atoms with Crippen molar-refractivity contribution in [3.63, 3.8) is 0 Å². The van der Waals surface area contributed by atoms with Crippen molar-refractivity contribution in [3.05, 3.63) is 95.1 Å². The highest BCUT2D eigenvalue weighted by Crippen LogP contribution is 2.39. The quantitative estimate of drug-likeness (QED) is 0.497. The molecule has 34 heavy (non-hydrogen) atoms. The number of nitrogens with one attached hydrogen (secondary N) is 1. The fraction of sp³-hybridized carbons (Fsp3) is 0.259. The third-order valence-corrected chi connectivity index (χ3v) is 7.13. The second kappa shape index (κ2) is 10.7. The molecule has 0 spiro atoms. The van der Waals surface area contributed by atoms with Crippen molar-refractivity contribution >= 4 is 23.6 Å². The Balaban J connectivity index is 1.46. The predicted molar refractivity (Wildman–Crippen MR) is 134 cm³/mol. The first-order valence-electron chi connectivity index (χ1n) is 11.1. The molecular weight excluding hydrogens is 448 g/mol. The second-order valence-electron chi connectivity index (χ2n) is 8.10. The Labute approximate surface area is 204 Å². The van der Waals surface area contributed by atoms with Crippen LogP contribution in [0.1, 0.15) is 45.4 Å². The summed E-state index contributed by atoms with van der Waals surface area (Å²) in [4.78, 5) is 27.3. The summed E-state index contributed by atoms with van der Waals surface area (Å²) in [5.74, 6) is 1.79. The Kier molecular flexibility index (Phi) is 7.43. The fourth-order valence-corrected chi connectivity index (χ4v) is 5.20. The summed E-state index contributed by atoms with van der Waals surface area (Å²) in [6.07, 6.45) is 0. The normalized spacial score (nSPS) is 16.3. The molecule has 0 unspecified atom stereocenters. The van der Waals surface area contributed by atoms with Gasteiger partial charge in [-0.2, -0.15) is 0 Å². The number of hydrogen-bond acceptors (Lipinski definition) is 5. The van der Waals surface area contributed by atoms with Crippen LogP contribution in [0.4, 0.5) is 0 Å². The lowest BCUT2D eigenvalue weighted by atomic mass is 10.1. The molecule has 1 aliphatic rings. The van der Waals surface area contributed by atoms with E-state index in [0.29, 0.717) is 29.4 Å². The standard InChI is InChI=1S/C27H28N2O4S/c1-18(23-15-22(32-2)13-14-24(23)33-3)28-26(31)20-9-11-21(12-10-20)27-29(25(30)17-34-27)16-19-7-5-4-6-8-19/h4-15,18,27H,16-17H2,1-3H3,(H,28,31)/t18-,27+/m0/s1. The molecule has 0 bridgehead atoms. The maximum Gasteiger partial charge on any atom is 0.251 e. The Morgan fingerprint density at radius 1 is 1.06 bits per heavy atom. The van der Waals surface area contributed by atoms with Gasteiger partial charge in [-0.25, -0.2) is 0 Å². The molecule has 4 rings (SSSR count). The van der Waals surface area contributed by atoms with Gasteiger partial charge in [0.05, 0.1) is 26.0 Å². The molecular formula is C27H28N2O4S. The number of thioether (sulfide) groups is 1. The van der Waals surface area contributed by atoms with Crippen molar-refractivity contribution < 1.29 is 19.1 Å². The molecule has 1 N–H and O–H groups in total. The zero-order valence-corrected chi connectivity index (χ0v) is 20.3. The Morgan fingerprint density at radius 3 is 2.47 bits per heavy atom. The van der Waals surface area contributed by atoms with Crippen LogP contribution in [0.25, 0.3) is 0 Å². The third kappa shape index (κ3) is 5.20. The monoisotopic (exact) mass is 476 g/mol.